The molecule has 9 heteroatoms. The summed E-state index contributed by atoms with van der Waals surface area (Å²) < 4.78 is 5.79. The van der Waals surface area contributed by atoms with E-state index in [1.54, 1.807) is 27.1 Å². The van der Waals surface area contributed by atoms with Gasteiger partial charge in [0.1, 0.15) is 17.8 Å². The molecule has 1 fully saturated rings. The first-order chi connectivity index (χ1) is 14.2. The van der Waals surface area contributed by atoms with Crippen LogP contribution in [0.15, 0.2) is 36.4 Å². The normalized spacial score (nSPS) is 18.5. The molecular formula is C21H24ClN3O4S. The fourth-order valence-electron chi connectivity index (χ4n) is 3.26. The number of imide groups is 1. The molecule has 0 spiro atoms. The van der Waals surface area contributed by atoms with Gasteiger partial charge in [0, 0.05) is 11.9 Å². The summed E-state index contributed by atoms with van der Waals surface area (Å²) >= 11 is 7.31. The Balaban J connectivity index is 1.59. The maximum atomic E-state index is 12.9. The molecule has 1 aliphatic rings. The smallest absolute Gasteiger partial charge is 0.325 e. The Hall–Kier alpha value is -2.58. The maximum absolute atomic E-state index is 12.9. The first-order valence-electron chi connectivity index (χ1n) is 9.47. The Bertz CT molecular complexity index is 946. The van der Waals surface area contributed by atoms with Gasteiger partial charge in [-0.2, -0.15) is 0 Å². The van der Waals surface area contributed by atoms with E-state index in [0.29, 0.717) is 23.7 Å². The number of nitrogens with zero attached hydrogens (tertiary/aromatic N) is 2. The zero-order chi connectivity index (χ0) is 21.9. The summed E-state index contributed by atoms with van der Waals surface area (Å²) in [6.07, 6.45) is 1.03. The lowest BCUT2D eigenvalue weighted by Gasteiger charge is -2.23. The number of aryl methyl sites for hydroxylation is 1. The average molecular weight is 450 g/mol. The molecule has 1 atom stereocenters. The van der Waals surface area contributed by atoms with Crippen LogP contribution in [0.4, 0.5) is 4.79 Å². The van der Waals surface area contributed by atoms with Gasteiger partial charge in [0.25, 0.3) is 5.91 Å². The van der Waals surface area contributed by atoms with E-state index in [1.165, 1.54) is 16.2 Å². The van der Waals surface area contributed by atoms with Crippen molar-refractivity contribution in [3.63, 3.8) is 0 Å². The molecule has 1 saturated heterocycles. The molecule has 3 rings (SSSR count). The zero-order valence-corrected chi connectivity index (χ0v) is 18.7. The fraction of sp³-hybridized carbons (Fsp3) is 0.381. The van der Waals surface area contributed by atoms with E-state index in [0.717, 1.165) is 21.1 Å². The quantitative estimate of drug-likeness (QED) is 0.627. The molecule has 4 amide bonds. The van der Waals surface area contributed by atoms with E-state index in [9.17, 15) is 14.4 Å². The molecule has 1 aliphatic heterocycles. The molecule has 0 bridgehead atoms. The molecule has 0 aliphatic carbocycles. The van der Waals surface area contributed by atoms with E-state index in [1.807, 2.05) is 30.3 Å². The standard InChI is InChI=1S/C21H24ClN3O4S/c1-21(11-10-14-4-6-15(29-3)7-5-14)19(27)25(20(28)23-21)13-18(26)24(2)12-16-8-9-17(22)30-16/h4-9H,10-13H2,1-3H3,(H,23,28). The Morgan fingerprint density at radius 1 is 1.23 bits per heavy atom. The lowest BCUT2D eigenvalue weighted by atomic mass is 9.93. The van der Waals surface area contributed by atoms with Crippen LogP contribution in [0.2, 0.25) is 4.34 Å². The summed E-state index contributed by atoms with van der Waals surface area (Å²) in [5.41, 5.74) is -0.0140. The third kappa shape index (κ3) is 4.94. The van der Waals surface area contributed by atoms with Gasteiger partial charge in [-0.1, -0.05) is 23.7 Å². The molecule has 0 saturated carbocycles. The number of hydrogen-bond acceptors (Lipinski definition) is 5. The van der Waals surface area contributed by atoms with E-state index < -0.39 is 11.6 Å². The number of methoxy groups -OCH3 is 1. The number of rotatable bonds is 8. The second-order valence-electron chi connectivity index (χ2n) is 7.46. The largest absolute Gasteiger partial charge is 0.497 e. The fourth-order valence-corrected chi connectivity index (χ4v) is 4.40. The Kier molecular flexibility index (Phi) is 6.67. The number of urea groups is 1. The summed E-state index contributed by atoms with van der Waals surface area (Å²) in [4.78, 5) is 41.3. The molecule has 2 heterocycles. The molecule has 1 unspecified atom stereocenters. The van der Waals surface area contributed by atoms with Crippen LogP contribution in [-0.4, -0.2) is 53.9 Å². The van der Waals surface area contributed by atoms with E-state index in [4.69, 9.17) is 16.3 Å². The molecule has 0 radical (unpaired) electrons. The predicted molar refractivity (Wildman–Crippen MR) is 116 cm³/mol. The topological polar surface area (TPSA) is 79.0 Å². The molecular weight excluding hydrogens is 426 g/mol. The van der Waals surface area contributed by atoms with Crippen molar-refractivity contribution in [2.45, 2.75) is 31.8 Å². The van der Waals surface area contributed by atoms with Crippen LogP contribution < -0.4 is 10.1 Å². The van der Waals surface area contributed by atoms with Crippen molar-refractivity contribution in [1.82, 2.24) is 15.1 Å². The Morgan fingerprint density at radius 2 is 1.93 bits per heavy atom. The van der Waals surface area contributed by atoms with Crippen LogP contribution in [0, 0.1) is 0 Å². The lowest BCUT2D eigenvalue weighted by molar-refractivity contribution is -0.138. The molecule has 7 nitrogen and oxygen atoms in total. The number of thiophene rings is 1. The number of likely N-dealkylation sites (N-methyl/N-ethyl adjacent to an activating group) is 1. The van der Waals surface area contributed by atoms with Gasteiger partial charge in [0.15, 0.2) is 0 Å². The summed E-state index contributed by atoms with van der Waals surface area (Å²) in [6.45, 7) is 1.77. The highest BCUT2D eigenvalue weighted by molar-refractivity contribution is 7.16. The van der Waals surface area contributed by atoms with Gasteiger partial charge in [0.05, 0.1) is 18.0 Å². The number of benzene rings is 1. The van der Waals surface area contributed by atoms with Crippen molar-refractivity contribution in [1.29, 1.82) is 0 Å². The van der Waals surface area contributed by atoms with Crippen molar-refractivity contribution in [3.05, 3.63) is 51.2 Å². The van der Waals surface area contributed by atoms with Crippen LogP contribution in [0.1, 0.15) is 23.8 Å². The van der Waals surface area contributed by atoms with Crippen molar-refractivity contribution in [3.8, 4) is 5.75 Å². The second kappa shape index (κ2) is 9.06. The Morgan fingerprint density at radius 3 is 2.53 bits per heavy atom. The highest BCUT2D eigenvalue weighted by atomic mass is 35.5. The van der Waals surface area contributed by atoms with Gasteiger partial charge in [-0.3, -0.25) is 14.5 Å². The maximum Gasteiger partial charge on any atom is 0.325 e. The summed E-state index contributed by atoms with van der Waals surface area (Å²) in [6, 6.07) is 10.6. The highest BCUT2D eigenvalue weighted by Gasteiger charge is 2.48. The van der Waals surface area contributed by atoms with Gasteiger partial charge < -0.3 is 15.0 Å². The predicted octanol–water partition coefficient (Wildman–Crippen LogP) is 3.31. The summed E-state index contributed by atoms with van der Waals surface area (Å²) in [5, 5.41) is 2.75. The molecule has 30 heavy (non-hydrogen) atoms. The van der Waals surface area contributed by atoms with Gasteiger partial charge >= 0.3 is 6.03 Å². The minimum atomic E-state index is -1.04. The average Bonchev–Trinajstić information content (AvgIpc) is 3.22. The summed E-state index contributed by atoms with van der Waals surface area (Å²) in [7, 11) is 3.24. The van der Waals surface area contributed by atoms with Crippen molar-refractivity contribution < 1.29 is 19.1 Å². The van der Waals surface area contributed by atoms with Gasteiger partial charge in [-0.15, -0.1) is 11.3 Å². The van der Waals surface area contributed by atoms with Crippen molar-refractivity contribution in [2.24, 2.45) is 0 Å². The molecule has 1 N–H and O–H groups in total. The molecule has 2 aromatic rings. The number of halogens is 1. The monoisotopic (exact) mass is 449 g/mol. The van der Waals surface area contributed by atoms with E-state index in [-0.39, 0.29) is 18.4 Å². The molecule has 1 aromatic carbocycles. The number of amides is 4. The van der Waals surface area contributed by atoms with Crippen LogP contribution in [0.5, 0.6) is 5.75 Å². The SMILES string of the molecule is COc1ccc(CCC2(C)NC(=O)N(CC(=O)N(C)Cc3ccc(Cl)s3)C2=O)cc1. The zero-order valence-electron chi connectivity index (χ0n) is 17.1. The number of nitrogens with one attached hydrogen (secondary N) is 1. The van der Waals surface area contributed by atoms with Gasteiger partial charge in [-0.05, 0) is 49.6 Å². The number of ether oxygens (including phenoxy) is 1. The van der Waals surface area contributed by atoms with Gasteiger partial charge in [-0.25, -0.2) is 4.79 Å². The summed E-state index contributed by atoms with van der Waals surface area (Å²) in [5.74, 6) is 0.0539. The number of carbonyl (C=O) groups is 3. The molecule has 160 valence electrons. The minimum Gasteiger partial charge on any atom is -0.497 e. The van der Waals surface area contributed by atoms with Crippen LogP contribution >= 0.6 is 22.9 Å². The lowest BCUT2D eigenvalue weighted by Crippen LogP contribution is -2.45. The van der Waals surface area contributed by atoms with Gasteiger partial charge in [0.2, 0.25) is 5.91 Å². The third-order valence-electron chi connectivity index (χ3n) is 5.16. The highest BCUT2D eigenvalue weighted by Crippen LogP contribution is 2.25. The second-order valence-corrected chi connectivity index (χ2v) is 9.26. The first kappa shape index (κ1) is 22.1. The first-order valence-corrected chi connectivity index (χ1v) is 10.7. The van der Waals surface area contributed by atoms with Crippen molar-refractivity contribution >= 4 is 40.8 Å². The van der Waals surface area contributed by atoms with Crippen LogP contribution in [0.25, 0.3) is 0 Å². The van der Waals surface area contributed by atoms with E-state index in [2.05, 4.69) is 5.32 Å². The molecule has 1 aromatic heterocycles. The van der Waals surface area contributed by atoms with E-state index >= 15 is 0 Å². The Labute approximate surface area is 184 Å². The van der Waals surface area contributed by atoms with Crippen molar-refractivity contribution in [2.75, 3.05) is 20.7 Å². The van der Waals surface area contributed by atoms with Crippen LogP contribution in [-0.2, 0) is 22.6 Å². The third-order valence-corrected chi connectivity index (χ3v) is 6.37. The number of hydrogen-bond donors (Lipinski definition) is 1. The minimum absolute atomic E-state index is 0.293. The van der Waals surface area contributed by atoms with Crippen LogP contribution in [0.3, 0.4) is 0 Å². The number of carbonyl (C=O) groups excluding carboxylic acids is 3.